The first-order chi connectivity index (χ1) is 9.06. The lowest BCUT2D eigenvalue weighted by Crippen LogP contribution is -2.45. The minimum absolute atomic E-state index is 0.0771. The van der Waals surface area contributed by atoms with Crippen LogP contribution in [0.1, 0.15) is 31.2 Å². The van der Waals surface area contributed by atoms with Crippen molar-refractivity contribution in [1.82, 2.24) is 4.98 Å². The molecule has 0 amide bonds. The number of pyridine rings is 1. The lowest BCUT2D eigenvalue weighted by atomic mass is 9.99. The van der Waals surface area contributed by atoms with Crippen molar-refractivity contribution in [3.05, 3.63) is 27.9 Å². The maximum atomic E-state index is 11.2. The van der Waals surface area contributed by atoms with E-state index >= 15 is 0 Å². The van der Waals surface area contributed by atoms with Gasteiger partial charge in [0.2, 0.25) is 5.82 Å². The summed E-state index contributed by atoms with van der Waals surface area (Å²) in [6.07, 6.45) is 4.72. The summed E-state index contributed by atoms with van der Waals surface area (Å²) in [6.45, 7) is 1.80. The topological polar surface area (TPSA) is 79.5 Å². The number of aliphatic hydroxyl groups excluding tert-OH is 1. The first kappa shape index (κ1) is 12.3. The van der Waals surface area contributed by atoms with Gasteiger partial charge in [-0.3, -0.25) is 10.1 Å². The number of aromatic nitrogens is 1. The lowest BCUT2D eigenvalue weighted by molar-refractivity contribution is -0.384. The average molecular weight is 263 g/mol. The smallest absolute Gasteiger partial charge is 0.311 e. The maximum Gasteiger partial charge on any atom is 0.311 e. The summed E-state index contributed by atoms with van der Waals surface area (Å²) in [7, 11) is 0. The molecule has 2 bridgehead atoms. The van der Waals surface area contributed by atoms with Crippen molar-refractivity contribution in [2.45, 2.75) is 50.8 Å². The van der Waals surface area contributed by atoms with Gasteiger partial charge in [0.1, 0.15) is 0 Å². The number of anilines is 1. The molecule has 0 saturated carbocycles. The molecule has 2 aliphatic heterocycles. The van der Waals surface area contributed by atoms with Crippen LogP contribution in [0.25, 0.3) is 0 Å². The van der Waals surface area contributed by atoms with Gasteiger partial charge in [0, 0.05) is 24.3 Å². The molecule has 3 rings (SSSR count). The van der Waals surface area contributed by atoms with Crippen molar-refractivity contribution in [3.8, 4) is 0 Å². The standard InChI is InChI=1S/C13H17N3O3/c1-8-4-12(16(18)19)13(14-7-8)15-9-2-3-10(15)6-11(17)5-9/h4,7,9-11,17H,2-3,5-6H2,1H3. The molecule has 1 aromatic rings. The molecule has 0 spiro atoms. The van der Waals surface area contributed by atoms with Crippen LogP contribution in [0.4, 0.5) is 11.5 Å². The summed E-state index contributed by atoms with van der Waals surface area (Å²) >= 11 is 0. The van der Waals surface area contributed by atoms with Crippen molar-refractivity contribution in [2.24, 2.45) is 0 Å². The monoisotopic (exact) mass is 263 g/mol. The fourth-order valence-electron chi connectivity index (χ4n) is 3.37. The second-order valence-electron chi connectivity index (χ2n) is 5.53. The quantitative estimate of drug-likeness (QED) is 0.650. The largest absolute Gasteiger partial charge is 0.393 e. The molecule has 2 atom stereocenters. The van der Waals surface area contributed by atoms with E-state index < -0.39 is 0 Å². The molecule has 2 fully saturated rings. The van der Waals surface area contributed by atoms with E-state index in [1.165, 1.54) is 0 Å². The van der Waals surface area contributed by atoms with Gasteiger partial charge in [-0.25, -0.2) is 4.98 Å². The van der Waals surface area contributed by atoms with Crippen molar-refractivity contribution in [2.75, 3.05) is 4.90 Å². The van der Waals surface area contributed by atoms with Crippen LogP contribution in [-0.4, -0.2) is 33.2 Å². The molecule has 0 aromatic carbocycles. The third-order valence-electron chi connectivity index (χ3n) is 4.13. The number of fused-ring (bicyclic) bond motifs is 2. The Hall–Kier alpha value is -1.69. The number of nitrogens with zero attached hydrogens (tertiary/aromatic N) is 3. The number of hydrogen-bond donors (Lipinski definition) is 1. The van der Waals surface area contributed by atoms with Crippen LogP contribution in [0.15, 0.2) is 12.3 Å². The highest BCUT2D eigenvalue weighted by atomic mass is 16.6. The second kappa shape index (κ2) is 4.45. The van der Waals surface area contributed by atoms with Gasteiger partial charge in [0.25, 0.3) is 0 Å². The van der Waals surface area contributed by atoms with Crippen LogP contribution in [0.5, 0.6) is 0 Å². The van der Waals surface area contributed by atoms with Crippen molar-refractivity contribution in [1.29, 1.82) is 0 Å². The number of aryl methyl sites for hydroxylation is 1. The molecule has 19 heavy (non-hydrogen) atoms. The summed E-state index contributed by atoms with van der Waals surface area (Å²) in [4.78, 5) is 17.2. The van der Waals surface area contributed by atoms with Crippen LogP contribution in [-0.2, 0) is 0 Å². The van der Waals surface area contributed by atoms with E-state index in [9.17, 15) is 15.2 Å². The van der Waals surface area contributed by atoms with Crippen LogP contribution in [0, 0.1) is 17.0 Å². The minimum Gasteiger partial charge on any atom is -0.393 e. The fraction of sp³-hybridized carbons (Fsp3) is 0.615. The van der Waals surface area contributed by atoms with Crippen LogP contribution in [0.3, 0.4) is 0 Å². The maximum absolute atomic E-state index is 11.2. The van der Waals surface area contributed by atoms with Crippen LogP contribution >= 0.6 is 0 Å². The molecule has 1 aromatic heterocycles. The highest BCUT2D eigenvalue weighted by Crippen LogP contribution is 2.41. The van der Waals surface area contributed by atoms with E-state index in [1.54, 1.807) is 19.2 Å². The fourth-order valence-corrected chi connectivity index (χ4v) is 3.37. The Morgan fingerprint density at radius 1 is 1.42 bits per heavy atom. The molecular formula is C13H17N3O3. The van der Waals surface area contributed by atoms with Crippen LogP contribution in [0.2, 0.25) is 0 Å². The zero-order valence-corrected chi connectivity index (χ0v) is 10.8. The third kappa shape index (κ3) is 2.06. The van der Waals surface area contributed by atoms with Gasteiger partial charge in [-0.05, 0) is 38.2 Å². The van der Waals surface area contributed by atoms with Crippen molar-refractivity contribution < 1.29 is 10.0 Å². The van der Waals surface area contributed by atoms with Crippen molar-refractivity contribution in [3.63, 3.8) is 0 Å². The summed E-state index contributed by atoms with van der Waals surface area (Å²) in [5.74, 6) is 0.468. The van der Waals surface area contributed by atoms with Gasteiger partial charge < -0.3 is 10.0 Å². The second-order valence-corrected chi connectivity index (χ2v) is 5.53. The molecule has 2 aliphatic rings. The minimum atomic E-state index is -0.361. The molecule has 102 valence electrons. The molecule has 6 heteroatoms. The van der Waals surface area contributed by atoms with E-state index in [-0.39, 0.29) is 28.8 Å². The normalized spacial score (nSPS) is 29.6. The molecule has 0 aliphatic carbocycles. The molecule has 2 unspecified atom stereocenters. The molecule has 6 nitrogen and oxygen atoms in total. The van der Waals surface area contributed by atoms with Crippen LogP contribution < -0.4 is 4.90 Å². The van der Waals surface area contributed by atoms with Gasteiger partial charge >= 0.3 is 5.69 Å². The highest BCUT2D eigenvalue weighted by molar-refractivity contribution is 5.60. The molecule has 2 saturated heterocycles. The van der Waals surface area contributed by atoms with E-state index in [0.717, 1.165) is 18.4 Å². The van der Waals surface area contributed by atoms with Gasteiger partial charge in [-0.15, -0.1) is 0 Å². The number of hydrogen-bond acceptors (Lipinski definition) is 5. The van der Waals surface area contributed by atoms with E-state index in [2.05, 4.69) is 9.88 Å². The Balaban J connectivity index is 2.01. The summed E-state index contributed by atoms with van der Waals surface area (Å²) in [5, 5.41) is 21.0. The summed E-state index contributed by atoms with van der Waals surface area (Å²) in [5.41, 5.74) is 0.869. The Morgan fingerprint density at radius 3 is 2.63 bits per heavy atom. The molecule has 1 N–H and O–H groups in total. The number of rotatable bonds is 2. The zero-order chi connectivity index (χ0) is 13.6. The Labute approximate surface area is 111 Å². The van der Waals surface area contributed by atoms with Gasteiger partial charge in [0.15, 0.2) is 0 Å². The predicted octanol–water partition coefficient (Wildman–Crippen LogP) is 1.79. The zero-order valence-electron chi connectivity index (χ0n) is 10.8. The predicted molar refractivity (Wildman–Crippen MR) is 70.2 cm³/mol. The third-order valence-corrected chi connectivity index (χ3v) is 4.13. The highest BCUT2D eigenvalue weighted by Gasteiger charge is 2.43. The first-order valence-electron chi connectivity index (χ1n) is 6.63. The average Bonchev–Trinajstić information content (AvgIpc) is 2.62. The Morgan fingerprint density at radius 2 is 2.05 bits per heavy atom. The number of piperidine rings is 1. The van der Waals surface area contributed by atoms with Gasteiger partial charge in [-0.1, -0.05) is 0 Å². The number of nitro groups is 1. The summed E-state index contributed by atoms with van der Waals surface area (Å²) in [6, 6.07) is 1.94. The van der Waals surface area contributed by atoms with E-state index in [0.29, 0.717) is 18.7 Å². The molecule has 0 radical (unpaired) electrons. The SMILES string of the molecule is Cc1cnc(N2C3CCC2CC(O)C3)c([N+](=O)[O-])c1. The Bertz CT molecular complexity index is 506. The van der Waals surface area contributed by atoms with Gasteiger partial charge in [-0.2, -0.15) is 0 Å². The Kier molecular flexibility index (Phi) is 2.89. The molecular weight excluding hydrogens is 246 g/mol. The summed E-state index contributed by atoms with van der Waals surface area (Å²) < 4.78 is 0. The lowest BCUT2D eigenvalue weighted by Gasteiger charge is -2.37. The molecule has 3 heterocycles. The van der Waals surface area contributed by atoms with Crippen molar-refractivity contribution >= 4 is 11.5 Å². The number of aliphatic hydroxyl groups is 1. The van der Waals surface area contributed by atoms with E-state index in [4.69, 9.17) is 0 Å². The first-order valence-corrected chi connectivity index (χ1v) is 6.63. The van der Waals surface area contributed by atoms with Gasteiger partial charge in [0.05, 0.1) is 11.0 Å². The van der Waals surface area contributed by atoms with E-state index in [1.807, 2.05) is 0 Å².